The van der Waals surface area contributed by atoms with E-state index in [9.17, 15) is 9.18 Å². The van der Waals surface area contributed by atoms with Crippen LogP contribution in [-0.4, -0.2) is 19.3 Å². The van der Waals surface area contributed by atoms with Gasteiger partial charge in [0, 0.05) is 34.2 Å². The molecule has 0 aliphatic rings. The van der Waals surface area contributed by atoms with Crippen LogP contribution in [0, 0.1) is 5.82 Å². The van der Waals surface area contributed by atoms with E-state index in [-0.39, 0.29) is 18.3 Å². The van der Waals surface area contributed by atoms with Crippen LogP contribution in [0.1, 0.15) is 20.8 Å². The Bertz CT molecular complexity index is 890. The first-order chi connectivity index (χ1) is 12.1. The summed E-state index contributed by atoms with van der Waals surface area (Å²) in [7, 11) is 1.54. The van der Waals surface area contributed by atoms with Crippen LogP contribution < -0.4 is 5.32 Å². The van der Waals surface area contributed by atoms with Gasteiger partial charge in [-0.05, 0) is 36.1 Å². The minimum Gasteiger partial charge on any atom is -0.380 e. The maximum Gasteiger partial charge on any atom is 0.262 e. The molecule has 0 radical (unpaired) electrons. The predicted molar refractivity (Wildman–Crippen MR) is 102 cm³/mol. The molecule has 0 fully saturated rings. The van der Waals surface area contributed by atoms with Crippen molar-refractivity contribution >= 4 is 39.1 Å². The SMILES string of the molecule is COCc1c(C(=O)NCc2ccc(SC)cc2)sc2cccc(F)c12. The van der Waals surface area contributed by atoms with Crippen molar-refractivity contribution in [3.8, 4) is 0 Å². The highest BCUT2D eigenvalue weighted by atomic mass is 32.2. The molecule has 0 saturated heterocycles. The van der Waals surface area contributed by atoms with Gasteiger partial charge in [0.15, 0.2) is 0 Å². The van der Waals surface area contributed by atoms with Crippen LogP contribution in [0.5, 0.6) is 0 Å². The molecule has 1 aromatic heterocycles. The average molecular weight is 375 g/mol. The molecule has 0 bridgehead atoms. The fourth-order valence-corrected chi connectivity index (χ4v) is 4.19. The van der Waals surface area contributed by atoms with Crippen LogP contribution in [0.4, 0.5) is 4.39 Å². The number of carbonyl (C=O) groups is 1. The smallest absolute Gasteiger partial charge is 0.262 e. The first kappa shape index (κ1) is 17.9. The Kier molecular flexibility index (Phi) is 5.73. The van der Waals surface area contributed by atoms with Crippen LogP contribution in [0.15, 0.2) is 47.4 Å². The van der Waals surface area contributed by atoms with Crippen molar-refractivity contribution < 1.29 is 13.9 Å². The summed E-state index contributed by atoms with van der Waals surface area (Å²) in [5.41, 5.74) is 1.63. The quantitative estimate of drug-likeness (QED) is 0.627. The van der Waals surface area contributed by atoms with Gasteiger partial charge in [-0.1, -0.05) is 18.2 Å². The molecule has 0 aliphatic heterocycles. The highest BCUT2D eigenvalue weighted by Crippen LogP contribution is 2.33. The van der Waals surface area contributed by atoms with E-state index in [0.29, 0.717) is 22.4 Å². The lowest BCUT2D eigenvalue weighted by atomic mass is 10.1. The number of benzene rings is 2. The second-order valence-corrected chi connectivity index (χ2v) is 7.42. The summed E-state index contributed by atoms with van der Waals surface area (Å²) in [6.45, 7) is 0.628. The largest absolute Gasteiger partial charge is 0.380 e. The van der Waals surface area contributed by atoms with Crippen molar-refractivity contribution in [2.24, 2.45) is 0 Å². The molecule has 0 spiro atoms. The van der Waals surface area contributed by atoms with Gasteiger partial charge < -0.3 is 10.1 Å². The van der Waals surface area contributed by atoms with Crippen molar-refractivity contribution in [1.29, 1.82) is 0 Å². The van der Waals surface area contributed by atoms with Gasteiger partial charge in [-0.2, -0.15) is 0 Å². The van der Waals surface area contributed by atoms with E-state index in [0.717, 1.165) is 10.3 Å². The molecule has 0 unspecified atom stereocenters. The fourth-order valence-electron chi connectivity index (χ4n) is 2.64. The van der Waals surface area contributed by atoms with Crippen LogP contribution in [-0.2, 0) is 17.9 Å². The zero-order chi connectivity index (χ0) is 17.8. The lowest BCUT2D eigenvalue weighted by Gasteiger charge is -2.07. The van der Waals surface area contributed by atoms with Gasteiger partial charge in [0.2, 0.25) is 0 Å². The molecule has 0 aliphatic carbocycles. The molecule has 2 aromatic carbocycles. The maximum absolute atomic E-state index is 14.2. The third kappa shape index (κ3) is 3.86. The summed E-state index contributed by atoms with van der Waals surface area (Å²) in [5, 5.41) is 3.39. The Morgan fingerprint density at radius 1 is 1.24 bits per heavy atom. The average Bonchev–Trinajstić information content (AvgIpc) is 3.00. The molecule has 3 aromatic rings. The van der Waals surface area contributed by atoms with E-state index < -0.39 is 0 Å². The minimum absolute atomic E-state index is 0.201. The first-order valence-electron chi connectivity index (χ1n) is 7.74. The second kappa shape index (κ2) is 7.99. The van der Waals surface area contributed by atoms with Gasteiger partial charge in [0.05, 0.1) is 11.5 Å². The molecule has 130 valence electrons. The number of fused-ring (bicyclic) bond motifs is 1. The number of hydrogen-bond acceptors (Lipinski definition) is 4. The lowest BCUT2D eigenvalue weighted by Crippen LogP contribution is -2.23. The Labute approximate surface area is 154 Å². The number of amides is 1. The van der Waals surface area contributed by atoms with Crippen LogP contribution in [0.25, 0.3) is 10.1 Å². The monoisotopic (exact) mass is 375 g/mol. The molecule has 1 heterocycles. The molecule has 1 N–H and O–H groups in total. The number of nitrogens with one attached hydrogen (secondary N) is 1. The van der Waals surface area contributed by atoms with Crippen LogP contribution >= 0.6 is 23.1 Å². The lowest BCUT2D eigenvalue weighted by molar-refractivity contribution is 0.0950. The van der Waals surface area contributed by atoms with E-state index in [1.165, 1.54) is 22.3 Å². The number of ether oxygens (including phenoxy) is 1. The number of carbonyl (C=O) groups excluding carboxylic acids is 1. The van der Waals surface area contributed by atoms with E-state index in [1.807, 2.05) is 36.6 Å². The molecule has 3 nitrogen and oxygen atoms in total. The standard InChI is InChI=1S/C19H18FNO2S2/c1-23-11-14-17-15(20)4-3-5-16(17)25-18(14)19(22)21-10-12-6-8-13(24-2)9-7-12/h3-9H,10-11H2,1-2H3,(H,21,22). The van der Waals surface area contributed by atoms with Gasteiger partial charge in [0.25, 0.3) is 5.91 Å². The van der Waals surface area contributed by atoms with Crippen LogP contribution in [0.2, 0.25) is 0 Å². The normalized spacial score (nSPS) is 11.0. The zero-order valence-electron chi connectivity index (χ0n) is 14.0. The highest BCUT2D eigenvalue weighted by molar-refractivity contribution is 7.98. The summed E-state index contributed by atoms with van der Waals surface area (Å²) < 4.78 is 20.1. The summed E-state index contributed by atoms with van der Waals surface area (Å²) in [5.74, 6) is -0.533. The maximum atomic E-state index is 14.2. The Morgan fingerprint density at radius 2 is 2.00 bits per heavy atom. The third-order valence-electron chi connectivity index (χ3n) is 3.87. The number of rotatable bonds is 6. The molecule has 0 atom stereocenters. The van der Waals surface area contributed by atoms with Crippen molar-refractivity contribution in [2.75, 3.05) is 13.4 Å². The van der Waals surface area contributed by atoms with E-state index in [4.69, 9.17) is 4.74 Å². The summed E-state index contributed by atoms with van der Waals surface area (Å²) >= 11 is 2.97. The van der Waals surface area contributed by atoms with Gasteiger partial charge in [-0.3, -0.25) is 4.79 Å². The molecule has 6 heteroatoms. The summed E-state index contributed by atoms with van der Waals surface area (Å²) in [4.78, 5) is 14.3. The molecular formula is C19H18FNO2S2. The summed E-state index contributed by atoms with van der Waals surface area (Å²) in [6.07, 6.45) is 2.02. The van der Waals surface area contributed by atoms with Gasteiger partial charge in [0.1, 0.15) is 5.82 Å². The van der Waals surface area contributed by atoms with E-state index >= 15 is 0 Å². The van der Waals surface area contributed by atoms with Crippen molar-refractivity contribution in [3.63, 3.8) is 0 Å². The highest BCUT2D eigenvalue weighted by Gasteiger charge is 2.20. The summed E-state index contributed by atoms with van der Waals surface area (Å²) in [6, 6.07) is 12.9. The van der Waals surface area contributed by atoms with Crippen LogP contribution in [0.3, 0.4) is 0 Å². The molecule has 3 rings (SSSR count). The number of thiophene rings is 1. The second-order valence-electron chi connectivity index (χ2n) is 5.49. The van der Waals surface area contributed by atoms with E-state index in [1.54, 1.807) is 24.9 Å². The Morgan fingerprint density at radius 3 is 2.68 bits per heavy atom. The number of hydrogen-bond donors (Lipinski definition) is 1. The third-order valence-corrected chi connectivity index (χ3v) is 5.81. The Hall–Kier alpha value is -1.89. The molecule has 0 saturated carbocycles. The number of methoxy groups -OCH3 is 1. The van der Waals surface area contributed by atoms with E-state index in [2.05, 4.69) is 5.32 Å². The number of thioether (sulfide) groups is 1. The fraction of sp³-hybridized carbons (Fsp3) is 0.211. The topological polar surface area (TPSA) is 38.3 Å². The van der Waals surface area contributed by atoms with Crippen molar-refractivity contribution in [1.82, 2.24) is 5.32 Å². The molecule has 1 amide bonds. The van der Waals surface area contributed by atoms with Gasteiger partial charge in [-0.15, -0.1) is 23.1 Å². The van der Waals surface area contributed by atoms with Gasteiger partial charge >= 0.3 is 0 Å². The minimum atomic E-state index is -0.326. The first-order valence-corrected chi connectivity index (χ1v) is 9.78. The molecule has 25 heavy (non-hydrogen) atoms. The number of halogens is 1. The zero-order valence-corrected chi connectivity index (χ0v) is 15.6. The van der Waals surface area contributed by atoms with Gasteiger partial charge in [-0.25, -0.2) is 4.39 Å². The Balaban J connectivity index is 1.83. The van der Waals surface area contributed by atoms with Crippen molar-refractivity contribution in [3.05, 3.63) is 64.3 Å². The molecular weight excluding hydrogens is 357 g/mol. The van der Waals surface area contributed by atoms with Crippen molar-refractivity contribution in [2.45, 2.75) is 18.0 Å². The predicted octanol–water partition coefficient (Wildman–Crippen LogP) is 4.84.